The molecule has 1 amide bonds. The first-order valence-electron chi connectivity index (χ1n) is 8.15. The number of benzene rings is 2. The quantitative estimate of drug-likeness (QED) is 0.677. The largest absolute Gasteiger partial charge is 0.478 e. The van der Waals surface area contributed by atoms with Crippen molar-refractivity contribution in [3.63, 3.8) is 0 Å². The Morgan fingerprint density at radius 3 is 2.58 bits per heavy atom. The van der Waals surface area contributed by atoms with E-state index >= 15 is 0 Å². The lowest BCUT2D eigenvalue weighted by Gasteiger charge is -2.08. The number of carbonyl (C=O) groups excluding carboxylic acids is 1. The van der Waals surface area contributed by atoms with Crippen molar-refractivity contribution in [1.82, 2.24) is 10.2 Å². The Morgan fingerprint density at radius 2 is 1.85 bits per heavy atom. The van der Waals surface area contributed by atoms with Crippen molar-refractivity contribution in [3.05, 3.63) is 54.1 Å². The lowest BCUT2D eigenvalue weighted by molar-refractivity contribution is -0.116. The number of nitrogens with zero attached hydrogens (tertiary/aromatic N) is 2. The Morgan fingerprint density at radius 1 is 1.08 bits per heavy atom. The Bertz CT molecular complexity index is 952. The third-order valence-corrected chi connectivity index (χ3v) is 4.60. The summed E-state index contributed by atoms with van der Waals surface area (Å²) in [7, 11) is 0. The highest BCUT2D eigenvalue weighted by Crippen LogP contribution is 2.35. The number of carboxylic acids is 1. The lowest BCUT2D eigenvalue weighted by Crippen LogP contribution is -2.10. The monoisotopic (exact) mass is 367 g/mol. The van der Waals surface area contributed by atoms with Crippen LogP contribution in [0.5, 0.6) is 0 Å². The van der Waals surface area contributed by atoms with Gasteiger partial charge < -0.3 is 10.4 Å². The highest BCUT2D eigenvalue weighted by Gasteiger charge is 2.14. The summed E-state index contributed by atoms with van der Waals surface area (Å²) in [6.45, 7) is 1.94. The van der Waals surface area contributed by atoms with Crippen molar-refractivity contribution in [2.75, 3.05) is 5.32 Å². The molecule has 132 valence electrons. The number of amides is 1. The van der Waals surface area contributed by atoms with Crippen molar-refractivity contribution in [2.24, 2.45) is 0 Å². The van der Waals surface area contributed by atoms with Crippen molar-refractivity contribution in [1.29, 1.82) is 0 Å². The molecule has 0 bridgehead atoms. The molecule has 0 aliphatic carbocycles. The molecule has 0 saturated carbocycles. The van der Waals surface area contributed by atoms with Crippen LogP contribution in [-0.2, 0) is 4.79 Å². The molecular weight excluding hydrogens is 350 g/mol. The van der Waals surface area contributed by atoms with E-state index in [0.29, 0.717) is 16.6 Å². The maximum atomic E-state index is 11.7. The fourth-order valence-electron chi connectivity index (χ4n) is 2.53. The number of aromatic carboxylic acids is 1. The second-order valence-electron chi connectivity index (χ2n) is 5.64. The molecule has 0 aliphatic heterocycles. The number of aromatic nitrogens is 2. The maximum absolute atomic E-state index is 11.7. The van der Waals surface area contributed by atoms with Crippen LogP contribution in [0.2, 0.25) is 0 Å². The van der Waals surface area contributed by atoms with Crippen LogP contribution in [0, 0.1) is 0 Å². The van der Waals surface area contributed by atoms with E-state index in [1.807, 2.05) is 37.3 Å². The predicted octanol–water partition coefficient (Wildman–Crippen LogP) is 4.31. The summed E-state index contributed by atoms with van der Waals surface area (Å²) in [5.41, 5.74) is 2.70. The first-order valence-corrected chi connectivity index (χ1v) is 8.96. The van der Waals surface area contributed by atoms with Crippen LogP contribution in [0.1, 0.15) is 30.1 Å². The summed E-state index contributed by atoms with van der Waals surface area (Å²) >= 11 is 1.29. The van der Waals surface area contributed by atoms with E-state index in [4.69, 9.17) is 0 Å². The summed E-state index contributed by atoms with van der Waals surface area (Å²) in [6.07, 6.45) is 1.20. The molecule has 0 atom stereocenters. The number of rotatable bonds is 6. The zero-order chi connectivity index (χ0) is 18.5. The molecule has 7 heteroatoms. The van der Waals surface area contributed by atoms with E-state index in [-0.39, 0.29) is 11.5 Å². The van der Waals surface area contributed by atoms with E-state index in [1.54, 1.807) is 18.2 Å². The molecular formula is C19H17N3O3S. The summed E-state index contributed by atoms with van der Waals surface area (Å²) in [5.74, 6) is -1.06. The van der Waals surface area contributed by atoms with Crippen LogP contribution in [0.4, 0.5) is 5.13 Å². The number of carboxylic acid groups (broad SMARTS) is 1. The first kappa shape index (κ1) is 17.8. The van der Waals surface area contributed by atoms with Crippen LogP contribution >= 0.6 is 11.3 Å². The highest BCUT2D eigenvalue weighted by atomic mass is 32.1. The van der Waals surface area contributed by atoms with Gasteiger partial charge in [0.2, 0.25) is 11.0 Å². The smallest absolute Gasteiger partial charge is 0.335 e. The van der Waals surface area contributed by atoms with Gasteiger partial charge in [-0.05, 0) is 29.7 Å². The molecule has 3 rings (SSSR count). The molecule has 1 aromatic heterocycles. The molecule has 0 aliphatic rings. The molecule has 2 N–H and O–H groups in total. The minimum Gasteiger partial charge on any atom is -0.478 e. The van der Waals surface area contributed by atoms with Crippen molar-refractivity contribution < 1.29 is 14.7 Å². The van der Waals surface area contributed by atoms with Gasteiger partial charge in [-0.2, -0.15) is 0 Å². The van der Waals surface area contributed by atoms with Gasteiger partial charge in [-0.1, -0.05) is 54.7 Å². The van der Waals surface area contributed by atoms with Crippen LogP contribution in [-0.4, -0.2) is 27.2 Å². The minimum atomic E-state index is -0.971. The summed E-state index contributed by atoms with van der Waals surface area (Å²) in [4.78, 5) is 23.0. The first-order chi connectivity index (χ1) is 12.6. The van der Waals surface area contributed by atoms with Gasteiger partial charge in [0.25, 0.3) is 0 Å². The molecule has 0 fully saturated rings. The van der Waals surface area contributed by atoms with E-state index in [0.717, 1.165) is 23.1 Å². The average molecular weight is 367 g/mol. The van der Waals surface area contributed by atoms with E-state index in [2.05, 4.69) is 15.5 Å². The SMILES string of the molecule is CCCC(=O)Nc1nnc(-c2ccccc2-c2cccc(C(=O)O)c2)s1. The second-order valence-corrected chi connectivity index (χ2v) is 6.62. The van der Waals surface area contributed by atoms with E-state index in [1.165, 1.54) is 11.3 Å². The van der Waals surface area contributed by atoms with E-state index < -0.39 is 5.97 Å². The third kappa shape index (κ3) is 3.94. The number of anilines is 1. The number of nitrogens with one attached hydrogen (secondary N) is 1. The molecule has 0 spiro atoms. The number of carbonyl (C=O) groups is 2. The zero-order valence-corrected chi connectivity index (χ0v) is 14.9. The summed E-state index contributed by atoms with van der Waals surface area (Å²) in [6, 6.07) is 14.3. The number of hydrogen-bond acceptors (Lipinski definition) is 5. The predicted molar refractivity (Wildman–Crippen MR) is 101 cm³/mol. The normalized spacial score (nSPS) is 10.5. The van der Waals surface area contributed by atoms with Gasteiger partial charge in [-0.3, -0.25) is 4.79 Å². The van der Waals surface area contributed by atoms with E-state index in [9.17, 15) is 14.7 Å². The Hall–Kier alpha value is -3.06. The third-order valence-electron chi connectivity index (χ3n) is 3.73. The minimum absolute atomic E-state index is 0.0855. The van der Waals surface area contributed by atoms with Gasteiger partial charge in [-0.25, -0.2) is 4.79 Å². The van der Waals surface area contributed by atoms with Crippen molar-refractivity contribution in [3.8, 4) is 21.7 Å². The van der Waals surface area contributed by atoms with Gasteiger partial charge in [0.1, 0.15) is 5.01 Å². The second kappa shape index (κ2) is 7.88. The molecule has 0 radical (unpaired) electrons. The maximum Gasteiger partial charge on any atom is 0.335 e. The Balaban J connectivity index is 1.96. The fraction of sp³-hybridized carbons (Fsp3) is 0.158. The average Bonchev–Trinajstić information content (AvgIpc) is 3.10. The van der Waals surface area contributed by atoms with Crippen molar-refractivity contribution >= 4 is 28.3 Å². The Kier molecular flexibility index (Phi) is 5.38. The molecule has 1 heterocycles. The zero-order valence-electron chi connectivity index (χ0n) is 14.1. The molecule has 3 aromatic rings. The van der Waals surface area contributed by atoms with Gasteiger partial charge in [-0.15, -0.1) is 10.2 Å². The molecule has 0 saturated heterocycles. The molecule has 26 heavy (non-hydrogen) atoms. The topological polar surface area (TPSA) is 92.2 Å². The molecule has 6 nitrogen and oxygen atoms in total. The van der Waals surface area contributed by atoms with Crippen LogP contribution in [0.25, 0.3) is 21.7 Å². The highest BCUT2D eigenvalue weighted by molar-refractivity contribution is 7.18. The van der Waals surface area contributed by atoms with Gasteiger partial charge >= 0.3 is 5.97 Å². The standard InChI is InChI=1S/C19H17N3O3S/c1-2-6-16(23)20-19-22-21-17(26-19)15-10-4-3-9-14(15)12-7-5-8-13(11-12)18(24)25/h3-5,7-11H,2,6H2,1H3,(H,24,25)(H,20,22,23). The Labute approximate surface area is 154 Å². The van der Waals surface area contributed by atoms with Gasteiger partial charge in [0.15, 0.2) is 0 Å². The summed E-state index contributed by atoms with van der Waals surface area (Å²) < 4.78 is 0. The van der Waals surface area contributed by atoms with Gasteiger partial charge in [0, 0.05) is 12.0 Å². The number of hydrogen-bond donors (Lipinski definition) is 2. The van der Waals surface area contributed by atoms with Crippen LogP contribution in [0.15, 0.2) is 48.5 Å². The van der Waals surface area contributed by atoms with Gasteiger partial charge in [0.05, 0.1) is 5.56 Å². The lowest BCUT2D eigenvalue weighted by atomic mass is 9.98. The molecule has 2 aromatic carbocycles. The van der Waals surface area contributed by atoms with Crippen LogP contribution < -0.4 is 5.32 Å². The molecule has 0 unspecified atom stereocenters. The van der Waals surface area contributed by atoms with Crippen molar-refractivity contribution in [2.45, 2.75) is 19.8 Å². The summed E-state index contributed by atoms with van der Waals surface area (Å²) in [5, 5.41) is 21.3. The van der Waals surface area contributed by atoms with Crippen LogP contribution in [0.3, 0.4) is 0 Å². The fourth-order valence-corrected chi connectivity index (χ4v) is 3.33.